The summed E-state index contributed by atoms with van der Waals surface area (Å²) in [5.74, 6) is -0.233. The third-order valence-corrected chi connectivity index (χ3v) is 5.82. The zero-order chi connectivity index (χ0) is 14.6. The lowest BCUT2D eigenvalue weighted by molar-refractivity contribution is 0.156. The number of aromatic nitrogens is 2. The van der Waals surface area contributed by atoms with Gasteiger partial charge in [-0.2, -0.15) is 0 Å². The average Bonchev–Trinajstić information content (AvgIpc) is 3.02. The Morgan fingerprint density at radius 2 is 2.10 bits per heavy atom. The van der Waals surface area contributed by atoms with Crippen molar-refractivity contribution in [2.24, 2.45) is 0 Å². The molecule has 4 rings (SSSR count). The minimum absolute atomic E-state index is 0.233. The highest BCUT2D eigenvalue weighted by atomic mass is 79.9. The van der Waals surface area contributed by atoms with Crippen LogP contribution in [-0.2, 0) is 0 Å². The summed E-state index contributed by atoms with van der Waals surface area (Å²) in [4.78, 5) is 5.81. The first-order valence-corrected chi connectivity index (χ1v) is 8.67. The van der Waals surface area contributed by atoms with Crippen molar-refractivity contribution in [1.82, 2.24) is 14.5 Å². The van der Waals surface area contributed by atoms with Gasteiger partial charge in [-0.1, -0.05) is 0 Å². The standard InChI is InChI=1S/C15H17BrFN3S/c16-11-7-13-14(8-12(11)17)20(15(21)18-13)10-3-5-19-4-1-2-9(19)6-10/h7-10H,1-6H2,(H,18,21). The average molecular weight is 370 g/mol. The predicted molar refractivity (Wildman–Crippen MR) is 87.6 cm³/mol. The highest BCUT2D eigenvalue weighted by Gasteiger charge is 2.33. The largest absolute Gasteiger partial charge is 0.331 e. The molecular weight excluding hydrogens is 353 g/mol. The van der Waals surface area contributed by atoms with Crippen molar-refractivity contribution in [2.45, 2.75) is 37.8 Å². The van der Waals surface area contributed by atoms with E-state index in [1.54, 1.807) is 12.1 Å². The number of H-pyrrole nitrogens is 1. The van der Waals surface area contributed by atoms with Crippen molar-refractivity contribution in [2.75, 3.05) is 13.1 Å². The molecule has 0 saturated carbocycles. The summed E-state index contributed by atoms with van der Waals surface area (Å²) in [6.45, 7) is 2.36. The number of aromatic amines is 1. The lowest BCUT2D eigenvalue weighted by Crippen LogP contribution is -2.38. The molecule has 21 heavy (non-hydrogen) atoms. The summed E-state index contributed by atoms with van der Waals surface area (Å²) >= 11 is 8.73. The number of hydrogen-bond donors (Lipinski definition) is 1. The lowest BCUT2D eigenvalue weighted by Gasteiger charge is -2.35. The molecular formula is C15H17BrFN3S. The molecule has 2 saturated heterocycles. The minimum atomic E-state index is -0.233. The zero-order valence-corrected chi connectivity index (χ0v) is 14.0. The van der Waals surface area contributed by atoms with E-state index in [1.807, 2.05) is 0 Å². The quantitative estimate of drug-likeness (QED) is 0.753. The summed E-state index contributed by atoms with van der Waals surface area (Å²) in [5.41, 5.74) is 1.79. The van der Waals surface area contributed by atoms with E-state index in [1.165, 1.54) is 19.4 Å². The van der Waals surface area contributed by atoms with Gasteiger partial charge in [0, 0.05) is 24.7 Å². The van der Waals surface area contributed by atoms with E-state index in [0.29, 0.717) is 21.3 Å². The van der Waals surface area contributed by atoms with E-state index in [-0.39, 0.29) is 5.82 Å². The first-order valence-electron chi connectivity index (χ1n) is 7.47. The number of imidazole rings is 1. The predicted octanol–water partition coefficient (Wildman–Crippen LogP) is 4.40. The number of hydrogen-bond acceptors (Lipinski definition) is 2. The Balaban J connectivity index is 1.77. The van der Waals surface area contributed by atoms with E-state index in [0.717, 1.165) is 30.4 Å². The first kappa shape index (κ1) is 13.9. The Labute approximate surface area is 136 Å². The molecule has 0 spiro atoms. The molecule has 112 valence electrons. The SMILES string of the molecule is Fc1cc2c(cc1Br)[nH]c(=S)n2C1CCN2CCCC2C1. The molecule has 1 aromatic heterocycles. The fraction of sp³-hybridized carbons (Fsp3) is 0.533. The van der Waals surface area contributed by atoms with Gasteiger partial charge in [-0.15, -0.1) is 0 Å². The number of rotatable bonds is 1. The van der Waals surface area contributed by atoms with Crippen molar-refractivity contribution in [3.8, 4) is 0 Å². The number of nitrogens with one attached hydrogen (secondary N) is 1. The summed E-state index contributed by atoms with van der Waals surface area (Å²) in [7, 11) is 0. The number of piperidine rings is 1. The molecule has 2 aliphatic heterocycles. The number of fused-ring (bicyclic) bond motifs is 2. The third-order valence-electron chi connectivity index (χ3n) is 4.92. The van der Waals surface area contributed by atoms with E-state index < -0.39 is 0 Å². The zero-order valence-electron chi connectivity index (χ0n) is 11.6. The van der Waals surface area contributed by atoms with Crippen molar-refractivity contribution >= 4 is 39.2 Å². The Bertz CT molecular complexity index is 753. The Morgan fingerprint density at radius 1 is 1.24 bits per heavy atom. The maximum atomic E-state index is 13.9. The Kier molecular flexibility index (Phi) is 3.43. The molecule has 1 aromatic carbocycles. The minimum Gasteiger partial charge on any atom is -0.331 e. The first-order chi connectivity index (χ1) is 10.1. The Morgan fingerprint density at radius 3 is 2.95 bits per heavy atom. The van der Waals surface area contributed by atoms with E-state index >= 15 is 0 Å². The van der Waals surface area contributed by atoms with E-state index in [9.17, 15) is 4.39 Å². The van der Waals surface area contributed by atoms with Crippen LogP contribution in [0.1, 0.15) is 31.7 Å². The molecule has 2 unspecified atom stereocenters. The maximum Gasteiger partial charge on any atom is 0.178 e. The summed E-state index contributed by atoms with van der Waals surface area (Å²) in [6, 6.07) is 4.43. The topological polar surface area (TPSA) is 24.0 Å². The maximum absolute atomic E-state index is 13.9. The normalized spacial score (nSPS) is 26.4. The van der Waals surface area contributed by atoms with Gasteiger partial charge in [0.15, 0.2) is 4.77 Å². The highest BCUT2D eigenvalue weighted by molar-refractivity contribution is 9.10. The third kappa shape index (κ3) is 2.28. The van der Waals surface area contributed by atoms with Gasteiger partial charge in [0.25, 0.3) is 0 Å². The number of benzene rings is 1. The molecule has 3 nitrogen and oxygen atoms in total. The molecule has 2 atom stereocenters. The number of nitrogens with zero attached hydrogens (tertiary/aromatic N) is 2. The molecule has 0 aliphatic carbocycles. The van der Waals surface area contributed by atoms with Gasteiger partial charge in [0.2, 0.25) is 0 Å². The van der Waals surface area contributed by atoms with Gasteiger partial charge < -0.3 is 14.5 Å². The number of halogens is 2. The van der Waals surface area contributed by atoms with E-state index in [4.69, 9.17) is 12.2 Å². The van der Waals surface area contributed by atoms with Crippen molar-refractivity contribution in [1.29, 1.82) is 0 Å². The molecule has 6 heteroatoms. The molecule has 2 aliphatic rings. The molecule has 0 amide bonds. The summed E-state index contributed by atoms with van der Waals surface area (Å²) in [6.07, 6.45) is 4.80. The molecule has 0 bridgehead atoms. The van der Waals surface area contributed by atoms with E-state index in [2.05, 4.69) is 30.4 Å². The van der Waals surface area contributed by atoms with Crippen molar-refractivity contribution < 1.29 is 4.39 Å². The van der Waals surface area contributed by atoms with Crippen LogP contribution in [-0.4, -0.2) is 33.6 Å². The van der Waals surface area contributed by atoms with Gasteiger partial charge >= 0.3 is 0 Å². The van der Waals surface area contributed by atoms with Crippen LogP contribution in [0.25, 0.3) is 11.0 Å². The fourth-order valence-electron chi connectivity index (χ4n) is 3.92. The molecule has 3 heterocycles. The fourth-order valence-corrected chi connectivity index (χ4v) is 4.62. The second kappa shape index (κ2) is 5.18. The van der Waals surface area contributed by atoms with Crippen LogP contribution < -0.4 is 0 Å². The van der Waals surface area contributed by atoms with Crippen LogP contribution in [0.2, 0.25) is 0 Å². The molecule has 2 fully saturated rings. The summed E-state index contributed by atoms with van der Waals surface area (Å²) in [5, 5.41) is 0. The van der Waals surface area contributed by atoms with Crippen LogP contribution in [0, 0.1) is 10.6 Å². The summed E-state index contributed by atoms with van der Waals surface area (Å²) < 4.78 is 17.2. The van der Waals surface area contributed by atoms with Gasteiger partial charge in [-0.3, -0.25) is 0 Å². The van der Waals surface area contributed by atoms with Gasteiger partial charge in [-0.25, -0.2) is 4.39 Å². The molecule has 2 aromatic rings. The second-order valence-corrected chi connectivity index (χ2v) is 7.33. The van der Waals surface area contributed by atoms with Gasteiger partial charge in [0.05, 0.1) is 15.5 Å². The van der Waals surface area contributed by atoms with Gasteiger partial charge in [0.1, 0.15) is 5.82 Å². The molecule has 0 radical (unpaired) electrons. The van der Waals surface area contributed by atoms with Crippen LogP contribution in [0.3, 0.4) is 0 Å². The second-order valence-electron chi connectivity index (χ2n) is 6.09. The molecule has 1 N–H and O–H groups in total. The van der Waals surface area contributed by atoms with Crippen LogP contribution >= 0.6 is 28.1 Å². The smallest absolute Gasteiger partial charge is 0.178 e. The Hall–Kier alpha value is -0.720. The lowest BCUT2D eigenvalue weighted by atomic mass is 9.97. The van der Waals surface area contributed by atoms with Crippen LogP contribution in [0.15, 0.2) is 16.6 Å². The van der Waals surface area contributed by atoms with Crippen molar-refractivity contribution in [3.05, 3.63) is 27.2 Å². The van der Waals surface area contributed by atoms with Crippen LogP contribution in [0.5, 0.6) is 0 Å². The van der Waals surface area contributed by atoms with Gasteiger partial charge in [-0.05, 0) is 66.4 Å². The van der Waals surface area contributed by atoms with Crippen LogP contribution in [0.4, 0.5) is 4.39 Å². The monoisotopic (exact) mass is 369 g/mol. The van der Waals surface area contributed by atoms with Crippen molar-refractivity contribution in [3.63, 3.8) is 0 Å². The highest BCUT2D eigenvalue weighted by Crippen LogP contribution is 2.35.